The van der Waals surface area contributed by atoms with Gasteiger partial charge in [0.15, 0.2) is 0 Å². The molecule has 0 aromatic carbocycles. The third-order valence-electron chi connectivity index (χ3n) is 2.31. The minimum Gasteiger partial charge on any atom is -0.464 e. The number of cyclic esters (lactones) is 1. The molecule has 2 atom stereocenters. The number of carbonyl (C=O) groups excluding carboxylic acids is 2. The van der Waals surface area contributed by atoms with E-state index in [1.54, 1.807) is 0 Å². The van der Waals surface area contributed by atoms with Crippen molar-refractivity contribution < 1.29 is 19.4 Å². The fourth-order valence-electron chi connectivity index (χ4n) is 1.53. The Morgan fingerprint density at radius 3 is 3.00 bits per heavy atom. The lowest BCUT2D eigenvalue weighted by molar-refractivity contribution is -0.141. The van der Waals surface area contributed by atoms with E-state index >= 15 is 0 Å². The van der Waals surface area contributed by atoms with Crippen LogP contribution in [0.15, 0.2) is 0 Å². The highest BCUT2D eigenvalue weighted by molar-refractivity contribution is 5.85. The molecule has 1 heterocycles. The Kier molecular flexibility index (Phi) is 4.55. The van der Waals surface area contributed by atoms with E-state index in [0.717, 1.165) is 6.42 Å². The molecule has 0 saturated carbocycles. The number of amides is 1. The van der Waals surface area contributed by atoms with Gasteiger partial charge in [-0.15, -0.1) is 0 Å². The minimum absolute atomic E-state index is 0.0532. The van der Waals surface area contributed by atoms with Crippen molar-refractivity contribution >= 4 is 11.9 Å². The summed E-state index contributed by atoms with van der Waals surface area (Å²) in [5, 5.41) is 11.9. The maximum atomic E-state index is 11.4. The number of hydrogen-bond acceptors (Lipinski definition) is 4. The molecule has 86 valence electrons. The molecule has 1 saturated heterocycles. The average Bonchev–Trinajstić information content (AvgIpc) is 2.52. The molecule has 0 aromatic rings. The third kappa shape index (κ3) is 3.87. The normalized spacial score (nSPS) is 22.3. The van der Waals surface area contributed by atoms with Gasteiger partial charge >= 0.3 is 5.97 Å². The predicted octanol–water partition coefficient (Wildman–Crippen LogP) is -0.0308. The molecule has 0 aliphatic carbocycles. The van der Waals surface area contributed by atoms with Gasteiger partial charge in [0.1, 0.15) is 6.04 Å². The molecule has 1 fully saturated rings. The van der Waals surface area contributed by atoms with E-state index in [0.29, 0.717) is 19.4 Å². The highest BCUT2D eigenvalue weighted by atomic mass is 16.5. The van der Waals surface area contributed by atoms with Crippen molar-refractivity contribution in [2.24, 2.45) is 0 Å². The van der Waals surface area contributed by atoms with Crippen LogP contribution in [0.4, 0.5) is 0 Å². The highest BCUT2D eigenvalue weighted by Crippen LogP contribution is 2.07. The zero-order chi connectivity index (χ0) is 11.3. The largest absolute Gasteiger partial charge is 0.464 e. The van der Waals surface area contributed by atoms with E-state index in [1.165, 1.54) is 0 Å². The first-order chi connectivity index (χ1) is 7.13. The van der Waals surface area contributed by atoms with Gasteiger partial charge in [0.2, 0.25) is 5.91 Å². The monoisotopic (exact) mass is 215 g/mol. The van der Waals surface area contributed by atoms with E-state index in [4.69, 9.17) is 4.74 Å². The van der Waals surface area contributed by atoms with Crippen LogP contribution in [0.5, 0.6) is 0 Å². The number of esters is 1. The highest BCUT2D eigenvalue weighted by Gasteiger charge is 2.28. The number of aliphatic hydroxyl groups is 1. The van der Waals surface area contributed by atoms with Crippen LogP contribution in [0, 0.1) is 0 Å². The summed E-state index contributed by atoms with van der Waals surface area (Å²) >= 11 is 0. The minimum atomic E-state index is -0.618. The molecule has 1 aliphatic rings. The number of nitrogens with one attached hydrogen (secondary N) is 1. The topological polar surface area (TPSA) is 75.6 Å². The summed E-state index contributed by atoms with van der Waals surface area (Å²) in [6.45, 7) is 2.30. The van der Waals surface area contributed by atoms with Crippen LogP contribution >= 0.6 is 0 Å². The smallest absolute Gasteiger partial charge is 0.328 e. The second kappa shape index (κ2) is 5.70. The molecule has 15 heavy (non-hydrogen) atoms. The molecule has 0 aromatic heterocycles. The second-order valence-electron chi connectivity index (χ2n) is 3.72. The van der Waals surface area contributed by atoms with Crippen LogP contribution in [0.2, 0.25) is 0 Å². The van der Waals surface area contributed by atoms with E-state index in [2.05, 4.69) is 5.32 Å². The molecule has 1 amide bonds. The molecule has 5 nitrogen and oxygen atoms in total. The first-order valence-electron chi connectivity index (χ1n) is 5.27. The number of rotatable bonds is 5. The molecule has 5 heteroatoms. The van der Waals surface area contributed by atoms with Crippen molar-refractivity contribution in [3.05, 3.63) is 0 Å². The Bertz CT molecular complexity index is 242. The number of carbonyl (C=O) groups is 2. The first kappa shape index (κ1) is 12.0. The van der Waals surface area contributed by atoms with Crippen molar-refractivity contribution in [1.82, 2.24) is 5.32 Å². The summed E-state index contributed by atoms with van der Waals surface area (Å²) in [5.74, 6) is -0.673. The quantitative estimate of drug-likeness (QED) is 0.631. The molecule has 0 bridgehead atoms. The lowest BCUT2D eigenvalue weighted by Gasteiger charge is -2.11. The van der Waals surface area contributed by atoms with E-state index in [1.807, 2.05) is 6.92 Å². The summed E-state index contributed by atoms with van der Waals surface area (Å²) in [6, 6.07) is -0.522. The van der Waals surface area contributed by atoms with Crippen molar-refractivity contribution in [3.63, 3.8) is 0 Å². The van der Waals surface area contributed by atoms with E-state index in [-0.39, 0.29) is 18.3 Å². The lowest BCUT2D eigenvalue weighted by atomic mass is 10.1. The van der Waals surface area contributed by atoms with Gasteiger partial charge in [0.05, 0.1) is 19.1 Å². The maximum Gasteiger partial charge on any atom is 0.328 e. The molecule has 1 rings (SSSR count). The van der Waals surface area contributed by atoms with Gasteiger partial charge in [0, 0.05) is 6.42 Å². The third-order valence-corrected chi connectivity index (χ3v) is 2.31. The van der Waals surface area contributed by atoms with Crippen molar-refractivity contribution in [3.8, 4) is 0 Å². The standard InChI is InChI=1S/C10H17NO4/c1-2-3-7(12)6-9(13)11-8-4-5-15-10(8)14/h7-8,12H,2-6H2,1H3,(H,11,13)/t7-,8+/m1/s1. The summed E-state index contributed by atoms with van der Waals surface area (Å²) < 4.78 is 4.70. The molecule has 2 N–H and O–H groups in total. The summed E-state index contributed by atoms with van der Waals surface area (Å²) in [4.78, 5) is 22.4. The lowest BCUT2D eigenvalue weighted by Crippen LogP contribution is -2.39. The maximum absolute atomic E-state index is 11.4. The van der Waals surface area contributed by atoms with Crippen LogP contribution in [0.3, 0.4) is 0 Å². The summed E-state index contributed by atoms with van der Waals surface area (Å²) in [5.41, 5.74) is 0. The van der Waals surface area contributed by atoms with Gasteiger partial charge < -0.3 is 15.2 Å². The molecular formula is C10H17NO4. The summed E-state index contributed by atoms with van der Waals surface area (Å²) in [7, 11) is 0. The van der Waals surface area contributed by atoms with Crippen LogP contribution in [0.25, 0.3) is 0 Å². The Morgan fingerprint density at radius 1 is 1.73 bits per heavy atom. The van der Waals surface area contributed by atoms with Gasteiger partial charge in [-0.05, 0) is 6.42 Å². The van der Waals surface area contributed by atoms with Gasteiger partial charge in [-0.1, -0.05) is 13.3 Å². The number of aliphatic hydroxyl groups excluding tert-OH is 1. The van der Waals surface area contributed by atoms with Crippen LogP contribution < -0.4 is 5.32 Å². The summed E-state index contributed by atoms with van der Waals surface area (Å²) in [6.07, 6.45) is 1.39. The molecule has 0 unspecified atom stereocenters. The fourth-order valence-corrected chi connectivity index (χ4v) is 1.53. The van der Waals surface area contributed by atoms with E-state index in [9.17, 15) is 14.7 Å². The molecular weight excluding hydrogens is 198 g/mol. The van der Waals surface area contributed by atoms with Gasteiger partial charge in [0.25, 0.3) is 0 Å². The van der Waals surface area contributed by atoms with Crippen molar-refractivity contribution in [2.75, 3.05) is 6.61 Å². The van der Waals surface area contributed by atoms with Gasteiger partial charge in [-0.2, -0.15) is 0 Å². The van der Waals surface area contributed by atoms with Gasteiger partial charge in [-0.3, -0.25) is 4.79 Å². The zero-order valence-corrected chi connectivity index (χ0v) is 8.86. The Balaban J connectivity index is 2.26. The zero-order valence-electron chi connectivity index (χ0n) is 8.86. The van der Waals surface area contributed by atoms with Crippen LogP contribution in [-0.2, 0) is 14.3 Å². The predicted molar refractivity (Wildman–Crippen MR) is 53.0 cm³/mol. The van der Waals surface area contributed by atoms with Crippen LogP contribution in [0.1, 0.15) is 32.6 Å². The Morgan fingerprint density at radius 2 is 2.47 bits per heavy atom. The van der Waals surface area contributed by atoms with E-state index < -0.39 is 12.1 Å². The average molecular weight is 215 g/mol. The van der Waals surface area contributed by atoms with Crippen molar-refractivity contribution in [2.45, 2.75) is 44.8 Å². The fraction of sp³-hybridized carbons (Fsp3) is 0.800. The van der Waals surface area contributed by atoms with Crippen LogP contribution in [-0.4, -0.2) is 35.7 Å². The molecule has 0 radical (unpaired) electrons. The molecule has 1 aliphatic heterocycles. The van der Waals surface area contributed by atoms with Gasteiger partial charge in [-0.25, -0.2) is 4.79 Å². The Hall–Kier alpha value is -1.10. The Labute approximate surface area is 88.8 Å². The SMILES string of the molecule is CCC[C@@H](O)CC(=O)N[C@H]1CCOC1=O. The number of hydrogen-bond donors (Lipinski definition) is 2. The number of ether oxygens (including phenoxy) is 1. The molecule has 0 spiro atoms. The van der Waals surface area contributed by atoms with Crippen molar-refractivity contribution in [1.29, 1.82) is 0 Å². The second-order valence-corrected chi connectivity index (χ2v) is 3.72. The first-order valence-corrected chi connectivity index (χ1v) is 5.27.